The summed E-state index contributed by atoms with van der Waals surface area (Å²) in [5.41, 5.74) is 2.57. The monoisotopic (exact) mass is 1160 g/mol. The van der Waals surface area contributed by atoms with Gasteiger partial charge in [0.15, 0.2) is 19.7 Å². The highest BCUT2D eigenvalue weighted by molar-refractivity contribution is 7.91. The van der Waals surface area contributed by atoms with Gasteiger partial charge in [0, 0.05) is 45.7 Å². The first kappa shape index (κ1) is 61.1. The van der Waals surface area contributed by atoms with Crippen molar-refractivity contribution in [1.82, 2.24) is 30.6 Å². The molecule has 4 heterocycles. The van der Waals surface area contributed by atoms with Crippen molar-refractivity contribution < 1.29 is 72.5 Å². The zero-order valence-electron chi connectivity index (χ0n) is 44.5. The molecule has 0 radical (unpaired) electrons. The van der Waals surface area contributed by atoms with E-state index in [1.807, 2.05) is 0 Å². The molecule has 2 aliphatic rings. The summed E-state index contributed by atoms with van der Waals surface area (Å²) in [5.74, 6) is -2.81. The summed E-state index contributed by atoms with van der Waals surface area (Å²) in [5, 5.41) is 27.9. The molecule has 0 saturated heterocycles. The molecule has 4 N–H and O–H groups in total. The van der Waals surface area contributed by atoms with E-state index < -0.39 is 81.0 Å². The zero-order chi connectivity index (χ0) is 58.2. The number of halogens is 6. The van der Waals surface area contributed by atoms with Gasteiger partial charge in [-0.15, -0.1) is 0 Å². The molecule has 4 aromatic heterocycles. The summed E-state index contributed by atoms with van der Waals surface area (Å²) < 4.78 is 138. The van der Waals surface area contributed by atoms with Crippen LogP contribution in [0.2, 0.25) is 0 Å². The van der Waals surface area contributed by atoms with E-state index in [0.29, 0.717) is 92.9 Å². The predicted molar refractivity (Wildman–Crippen MR) is 285 cm³/mol. The number of rotatable bonds is 18. The van der Waals surface area contributed by atoms with Crippen LogP contribution >= 0.6 is 0 Å². The van der Waals surface area contributed by atoms with Crippen molar-refractivity contribution in [2.75, 3.05) is 37.9 Å². The average Bonchev–Trinajstić information content (AvgIpc) is 3.45. The van der Waals surface area contributed by atoms with Crippen LogP contribution in [0.25, 0.3) is 21.5 Å². The van der Waals surface area contributed by atoms with Gasteiger partial charge in [0.2, 0.25) is 11.8 Å². The summed E-state index contributed by atoms with van der Waals surface area (Å²) >= 11 is 0. The molecule has 16 nitrogen and oxygen atoms in total. The fraction of sp³-hybridized carbons (Fsp3) is 0.464. The molecule has 6 aromatic rings. The Bertz CT molecular complexity index is 3130. The molecule has 80 heavy (non-hydrogen) atoms. The standard InChI is InChI=1S/2C28H32F3N3O5S/c2*1-3-40(37,38)22-9-11-24(32-14-22)25(15-35)34-26(36)19-6-10-23-20(13-19)12-17(2)33-27(23)39-16-18-4-7-21(8-5-18)28(29,30)31/h2*6,9-14,18,21,25,35H,3-5,7-8,15-16H2,1-2H3,(H,34,36)/t2*18?,21?,25-/m10/s1. The molecule has 0 unspecified atom stereocenters. The van der Waals surface area contributed by atoms with Gasteiger partial charge in [-0.25, -0.2) is 26.8 Å². The lowest BCUT2D eigenvalue weighted by Gasteiger charge is -2.29. The van der Waals surface area contributed by atoms with E-state index in [2.05, 4.69) is 30.6 Å². The lowest BCUT2D eigenvalue weighted by atomic mass is 9.82. The number of carbonyl (C=O) groups is 2. The van der Waals surface area contributed by atoms with E-state index in [-0.39, 0.29) is 72.0 Å². The molecule has 0 aliphatic heterocycles. The Morgan fingerprint density at radius 2 is 0.938 bits per heavy atom. The topological polar surface area (TPSA) is 237 Å². The van der Waals surface area contributed by atoms with Crippen LogP contribution in [0.15, 0.2) is 95.0 Å². The number of carbonyl (C=O) groups excluding carboxylic acids is 2. The number of aryl methyl sites for hydroxylation is 2. The fourth-order valence-corrected chi connectivity index (χ4v) is 11.4. The number of sulfone groups is 2. The van der Waals surface area contributed by atoms with E-state index in [1.54, 1.807) is 62.4 Å². The number of fused-ring (bicyclic) bond motifs is 2. The first-order valence-electron chi connectivity index (χ1n) is 26.2. The smallest absolute Gasteiger partial charge is 0.391 e. The number of hydrogen-bond donors (Lipinski definition) is 4. The van der Waals surface area contributed by atoms with Gasteiger partial charge in [0.25, 0.3) is 11.8 Å². The van der Waals surface area contributed by atoms with E-state index in [1.165, 1.54) is 50.5 Å². The average molecular weight is 1160 g/mol. The Kier molecular flexibility index (Phi) is 19.8. The third-order valence-corrected chi connectivity index (χ3v) is 18.0. The number of pyridine rings is 4. The van der Waals surface area contributed by atoms with Gasteiger partial charge in [-0.1, -0.05) is 13.8 Å². The fourth-order valence-electron chi connectivity index (χ4n) is 9.72. The molecule has 0 spiro atoms. The highest BCUT2D eigenvalue weighted by Gasteiger charge is 2.42. The number of aliphatic hydroxyl groups excluding tert-OH is 2. The Morgan fingerprint density at radius 3 is 1.24 bits per heavy atom. The second kappa shape index (κ2) is 26.0. The number of benzene rings is 2. The number of nitrogens with zero attached hydrogens (tertiary/aromatic N) is 4. The molecule has 432 valence electrons. The van der Waals surface area contributed by atoms with Gasteiger partial charge in [-0.2, -0.15) is 26.3 Å². The van der Waals surface area contributed by atoms with Crippen LogP contribution in [0, 0.1) is 37.5 Å². The lowest BCUT2D eigenvalue weighted by molar-refractivity contribution is -0.185. The van der Waals surface area contributed by atoms with Gasteiger partial charge in [-0.3, -0.25) is 19.6 Å². The zero-order valence-corrected chi connectivity index (χ0v) is 46.1. The Labute approximate surface area is 460 Å². The second-order valence-corrected chi connectivity index (χ2v) is 24.8. The normalized spacial score (nSPS) is 18.9. The summed E-state index contributed by atoms with van der Waals surface area (Å²) in [7, 11) is -6.86. The van der Waals surface area contributed by atoms with Crippen molar-refractivity contribution in [3.8, 4) is 11.8 Å². The maximum atomic E-state index is 13.0. The first-order chi connectivity index (χ1) is 37.8. The molecule has 2 fully saturated rings. The van der Waals surface area contributed by atoms with Crippen LogP contribution in [-0.4, -0.2) is 109 Å². The number of hydrogen-bond acceptors (Lipinski definition) is 14. The highest BCUT2D eigenvalue weighted by atomic mass is 32.2. The number of nitrogens with one attached hydrogen (secondary N) is 2. The van der Waals surface area contributed by atoms with Crippen molar-refractivity contribution in [2.45, 2.75) is 113 Å². The minimum absolute atomic E-state index is 0.0150. The molecule has 2 amide bonds. The number of aromatic nitrogens is 4. The van der Waals surface area contributed by atoms with Crippen molar-refractivity contribution in [3.63, 3.8) is 0 Å². The Balaban J connectivity index is 0.000000231. The molecular weight excluding hydrogens is 1090 g/mol. The third kappa shape index (κ3) is 15.5. The summed E-state index contributed by atoms with van der Waals surface area (Å²) in [6.07, 6.45) is -3.72. The maximum absolute atomic E-state index is 13.0. The minimum atomic E-state index is -4.15. The molecule has 8 rings (SSSR count). The van der Waals surface area contributed by atoms with Crippen LogP contribution < -0.4 is 20.1 Å². The summed E-state index contributed by atoms with van der Waals surface area (Å²) in [6, 6.07) is 17.5. The maximum Gasteiger partial charge on any atom is 0.391 e. The first-order valence-corrected chi connectivity index (χ1v) is 29.5. The molecule has 24 heteroatoms. The highest BCUT2D eigenvalue weighted by Crippen LogP contribution is 2.41. The molecule has 0 bridgehead atoms. The largest absolute Gasteiger partial charge is 0.477 e. The van der Waals surface area contributed by atoms with Crippen LogP contribution in [0.4, 0.5) is 26.3 Å². The third-order valence-electron chi connectivity index (χ3n) is 14.6. The Morgan fingerprint density at radius 1 is 0.575 bits per heavy atom. The SMILES string of the molecule is CCS(=O)(=O)c1ccc([C@@H](CO)NC(=O)c2ccc3c(OCC4CCC(C(F)(F)F)CC4)nc(C)cc3c2)nc1.CCS(=O)(=O)c1ccc([C@H](CO)NC(=O)c2ccc3c(OCC4CCC(C(F)(F)F)CC4)nc(C)cc3c2)nc1. The van der Waals surface area contributed by atoms with Crippen molar-refractivity contribution in [1.29, 1.82) is 0 Å². The van der Waals surface area contributed by atoms with Crippen LogP contribution in [0.1, 0.15) is 121 Å². The van der Waals surface area contributed by atoms with Crippen LogP contribution in [0.5, 0.6) is 11.8 Å². The van der Waals surface area contributed by atoms with Crippen LogP contribution in [-0.2, 0) is 19.7 Å². The van der Waals surface area contributed by atoms with Gasteiger partial charge in [0.05, 0.1) is 83.0 Å². The summed E-state index contributed by atoms with van der Waals surface area (Å²) in [6.45, 7) is 6.26. The van der Waals surface area contributed by atoms with Gasteiger partial charge < -0.3 is 30.3 Å². The molecule has 2 atom stereocenters. The number of amides is 2. The second-order valence-electron chi connectivity index (χ2n) is 20.2. The van der Waals surface area contributed by atoms with Crippen molar-refractivity contribution >= 4 is 53.0 Å². The van der Waals surface area contributed by atoms with Crippen LogP contribution in [0.3, 0.4) is 0 Å². The van der Waals surface area contributed by atoms with Gasteiger partial charge in [0.1, 0.15) is 0 Å². The van der Waals surface area contributed by atoms with E-state index in [9.17, 15) is 63.0 Å². The van der Waals surface area contributed by atoms with Gasteiger partial charge >= 0.3 is 12.4 Å². The van der Waals surface area contributed by atoms with E-state index in [4.69, 9.17) is 9.47 Å². The number of aliphatic hydroxyl groups is 2. The number of alkyl halides is 6. The minimum Gasteiger partial charge on any atom is -0.477 e. The van der Waals surface area contributed by atoms with E-state index >= 15 is 0 Å². The van der Waals surface area contributed by atoms with Gasteiger partial charge in [-0.05, 0) is 161 Å². The molecule has 2 aliphatic carbocycles. The lowest BCUT2D eigenvalue weighted by Crippen LogP contribution is -2.31. The number of ether oxygens (including phenoxy) is 2. The van der Waals surface area contributed by atoms with Crippen molar-refractivity contribution in [2.24, 2.45) is 23.7 Å². The van der Waals surface area contributed by atoms with E-state index in [0.717, 1.165) is 0 Å². The quantitative estimate of drug-likeness (QED) is 0.0586. The predicted octanol–water partition coefficient (Wildman–Crippen LogP) is 9.89. The molecule has 2 aromatic carbocycles. The van der Waals surface area contributed by atoms with Crippen molar-refractivity contribution in [3.05, 3.63) is 119 Å². The summed E-state index contributed by atoms with van der Waals surface area (Å²) in [4.78, 5) is 43.4. The Hall–Kier alpha value is -6.50. The molecule has 2 saturated carbocycles. The molecular formula is C56H64F6N6O10S2.